The lowest BCUT2D eigenvalue weighted by Gasteiger charge is -2.31. The van der Waals surface area contributed by atoms with Crippen molar-refractivity contribution in [2.45, 2.75) is 26.3 Å². The van der Waals surface area contributed by atoms with E-state index < -0.39 is 0 Å². The van der Waals surface area contributed by atoms with Gasteiger partial charge in [0.1, 0.15) is 0 Å². The zero-order valence-corrected chi connectivity index (χ0v) is 11.2. The molecule has 4 nitrogen and oxygen atoms in total. The van der Waals surface area contributed by atoms with Gasteiger partial charge in [-0.1, -0.05) is 6.92 Å². The molecular weight excluding hydrogens is 228 g/mol. The van der Waals surface area contributed by atoms with Crippen LogP contribution in [0.25, 0.3) is 0 Å². The zero-order valence-electron chi connectivity index (χ0n) is 11.2. The number of nitrogens with zero attached hydrogens (tertiary/aromatic N) is 1. The number of hydrogen-bond donors (Lipinski definition) is 1. The van der Waals surface area contributed by atoms with Crippen LogP contribution in [0.5, 0.6) is 11.5 Å². The second-order valence-corrected chi connectivity index (χ2v) is 4.45. The maximum absolute atomic E-state index is 7.92. The van der Waals surface area contributed by atoms with Gasteiger partial charge in [0.2, 0.25) is 0 Å². The Bertz CT molecular complexity index is 457. The van der Waals surface area contributed by atoms with E-state index in [2.05, 4.69) is 11.0 Å². The molecule has 0 fully saturated rings. The molecule has 0 atom stereocenters. The summed E-state index contributed by atoms with van der Waals surface area (Å²) in [4.78, 5) is 2.12. The van der Waals surface area contributed by atoms with Crippen LogP contribution < -0.4 is 9.47 Å². The molecule has 1 aromatic rings. The summed E-state index contributed by atoms with van der Waals surface area (Å²) in [5, 5.41) is 7.92. The molecule has 0 spiro atoms. The van der Waals surface area contributed by atoms with E-state index in [-0.39, 0.29) is 0 Å². The number of benzene rings is 1. The Labute approximate surface area is 108 Å². The normalized spacial score (nSPS) is 14.1. The summed E-state index contributed by atoms with van der Waals surface area (Å²) in [5.74, 6) is 2.26. The van der Waals surface area contributed by atoms with Crippen LogP contribution in [0.15, 0.2) is 12.1 Å². The highest BCUT2D eigenvalue weighted by molar-refractivity contribution is 5.79. The minimum atomic E-state index is 0.704. The molecule has 1 aromatic carbocycles. The van der Waals surface area contributed by atoms with Crippen LogP contribution >= 0.6 is 0 Å². The predicted molar refractivity (Wildman–Crippen MR) is 71.7 cm³/mol. The molecular formula is C14H20N2O2. The Morgan fingerprint density at radius 1 is 1.22 bits per heavy atom. The van der Waals surface area contributed by atoms with Crippen LogP contribution in [-0.2, 0) is 13.0 Å². The Morgan fingerprint density at radius 2 is 1.83 bits per heavy atom. The molecule has 1 heterocycles. The fourth-order valence-corrected chi connectivity index (χ4v) is 2.34. The standard InChI is InChI=1S/C14H20N2O2/c1-4-14(15)16-6-5-10-7-12(17-2)13(18-3)8-11(10)9-16/h7-8,15H,4-6,9H2,1-3H3. The molecule has 98 valence electrons. The van der Waals surface area contributed by atoms with Gasteiger partial charge in [0, 0.05) is 19.5 Å². The monoisotopic (exact) mass is 248 g/mol. The van der Waals surface area contributed by atoms with Gasteiger partial charge >= 0.3 is 0 Å². The third kappa shape index (κ3) is 2.28. The summed E-state index contributed by atoms with van der Waals surface area (Å²) in [6.45, 7) is 3.73. The average Bonchev–Trinajstić information content (AvgIpc) is 2.44. The smallest absolute Gasteiger partial charge is 0.161 e. The Balaban J connectivity index is 2.29. The van der Waals surface area contributed by atoms with Gasteiger partial charge in [0.25, 0.3) is 0 Å². The summed E-state index contributed by atoms with van der Waals surface area (Å²) < 4.78 is 10.6. The number of nitrogens with one attached hydrogen (secondary N) is 1. The van der Waals surface area contributed by atoms with Crippen molar-refractivity contribution in [2.24, 2.45) is 0 Å². The van der Waals surface area contributed by atoms with Crippen molar-refractivity contribution in [3.05, 3.63) is 23.3 Å². The zero-order chi connectivity index (χ0) is 13.1. The van der Waals surface area contributed by atoms with Gasteiger partial charge in [-0.05, 0) is 29.7 Å². The minimum absolute atomic E-state index is 0.704. The molecule has 0 saturated heterocycles. The summed E-state index contributed by atoms with van der Waals surface area (Å²) in [5.41, 5.74) is 2.53. The molecule has 1 aliphatic rings. The van der Waals surface area contributed by atoms with Crippen LogP contribution in [-0.4, -0.2) is 31.5 Å². The third-order valence-corrected chi connectivity index (χ3v) is 3.43. The van der Waals surface area contributed by atoms with E-state index in [4.69, 9.17) is 14.9 Å². The first-order chi connectivity index (χ1) is 8.69. The molecule has 4 heteroatoms. The van der Waals surface area contributed by atoms with Crippen LogP contribution in [0.1, 0.15) is 24.5 Å². The second kappa shape index (κ2) is 5.29. The van der Waals surface area contributed by atoms with Crippen LogP contribution in [0, 0.1) is 5.41 Å². The number of ether oxygens (including phenoxy) is 2. The molecule has 2 rings (SSSR count). The number of methoxy groups -OCH3 is 2. The summed E-state index contributed by atoms with van der Waals surface area (Å²) in [7, 11) is 3.31. The molecule has 0 radical (unpaired) electrons. The average molecular weight is 248 g/mol. The topological polar surface area (TPSA) is 45.6 Å². The molecule has 0 bridgehead atoms. The van der Waals surface area contributed by atoms with Crippen molar-refractivity contribution in [3.63, 3.8) is 0 Å². The maximum atomic E-state index is 7.92. The minimum Gasteiger partial charge on any atom is -0.493 e. The molecule has 0 aromatic heterocycles. The van der Waals surface area contributed by atoms with Crippen LogP contribution in [0.4, 0.5) is 0 Å². The van der Waals surface area contributed by atoms with Crippen molar-refractivity contribution in [1.82, 2.24) is 4.90 Å². The maximum Gasteiger partial charge on any atom is 0.161 e. The van der Waals surface area contributed by atoms with E-state index >= 15 is 0 Å². The highest BCUT2D eigenvalue weighted by atomic mass is 16.5. The summed E-state index contributed by atoms with van der Waals surface area (Å²) in [6, 6.07) is 4.09. The largest absolute Gasteiger partial charge is 0.493 e. The van der Waals surface area contributed by atoms with Crippen molar-refractivity contribution in [1.29, 1.82) is 5.41 Å². The molecule has 0 aliphatic carbocycles. The van der Waals surface area contributed by atoms with Gasteiger partial charge in [-0.3, -0.25) is 5.41 Å². The first-order valence-corrected chi connectivity index (χ1v) is 6.25. The first kappa shape index (κ1) is 12.7. The van der Waals surface area contributed by atoms with Gasteiger partial charge in [-0.15, -0.1) is 0 Å². The van der Waals surface area contributed by atoms with E-state index in [9.17, 15) is 0 Å². The first-order valence-electron chi connectivity index (χ1n) is 6.25. The highest BCUT2D eigenvalue weighted by Crippen LogP contribution is 2.33. The van der Waals surface area contributed by atoms with Crippen LogP contribution in [0.3, 0.4) is 0 Å². The van der Waals surface area contributed by atoms with Gasteiger partial charge < -0.3 is 14.4 Å². The summed E-state index contributed by atoms with van der Waals surface area (Å²) in [6.07, 6.45) is 1.74. The predicted octanol–water partition coefficient (Wildman–Crippen LogP) is 2.45. The van der Waals surface area contributed by atoms with Gasteiger partial charge in [0.05, 0.1) is 20.1 Å². The van der Waals surface area contributed by atoms with E-state index in [1.165, 1.54) is 11.1 Å². The van der Waals surface area contributed by atoms with Gasteiger partial charge in [-0.2, -0.15) is 0 Å². The Hall–Kier alpha value is -1.71. The third-order valence-electron chi connectivity index (χ3n) is 3.43. The Kier molecular flexibility index (Phi) is 3.75. The molecule has 18 heavy (non-hydrogen) atoms. The van der Waals surface area contributed by atoms with E-state index in [1.807, 2.05) is 13.0 Å². The van der Waals surface area contributed by atoms with Gasteiger partial charge in [0.15, 0.2) is 11.5 Å². The van der Waals surface area contributed by atoms with E-state index in [0.717, 1.165) is 37.4 Å². The fourth-order valence-electron chi connectivity index (χ4n) is 2.34. The van der Waals surface area contributed by atoms with Crippen molar-refractivity contribution >= 4 is 5.84 Å². The molecule has 1 aliphatic heterocycles. The number of rotatable bonds is 3. The summed E-state index contributed by atoms with van der Waals surface area (Å²) >= 11 is 0. The van der Waals surface area contributed by atoms with Crippen molar-refractivity contribution < 1.29 is 9.47 Å². The molecule has 0 saturated carbocycles. The molecule has 1 N–H and O–H groups in total. The lowest BCUT2D eigenvalue weighted by atomic mass is 9.98. The molecule has 0 unspecified atom stereocenters. The van der Waals surface area contributed by atoms with E-state index in [0.29, 0.717) is 5.84 Å². The highest BCUT2D eigenvalue weighted by Gasteiger charge is 2.20. The van der Waals surface area contributed by atoms with Crippen molar-refractivity contribution in [3.8, 4) is 11.5 Å². The fraction of sp³-hybridized carbons (Fsp3) is 0.500. The quantitative estimate of drug-likeness (QED) is 0.660. The number of fused-ring (bicyclic) bond motifs is 1. The van der Waals surface area contributed by atoms with E-state index in [1.54, 1.807) is 14.2 Å². The molecule has 0 amide bonds. The Morgan fingerprint density at radius 3 is 2.39 bits per heavy atom. The lowest BCUT2D eigenvalue weighted by molar-refractivity contribution is 0.347. The lowest BCUT2D eigenvalue weighted by Crippen LogP contribution is -2.35. The number of amidine groups is 1. The van der Waals surface area contributed by atoms with Crippen molar-refractivity contribution in [2.75, 3.05) is 20.8 Å². The van der Waals surface area contributed by atoms with Gasteiger partial charge in [-0.25, -0.2) is 0 Å². The van der Waals surface area contributed by atoms with Crippen LogP contribution in [0.2, 0.25) is 0 Å². The SMILES string of the molecule is CCC(=N)N1CCc2cc(OC)c(OC)cc2C1. The number of hydrogen-bond acceptors (Lipinski definition) is 3. The second-order valence-electron chi connectivity index (χ2n) is 4.45.